The molecule has 1 aliphatic rings. The van der Waals surface area contributed by atoms with Crippen LogP contribution in [0.2, 0.25) is 5.02 Å². The fraction of sp³-hybridized carbons (Fsp3) is 0.318. The Kier molecular flexibility index (Phi) is 5.59. The predicted molar refractivity (Wildman–Crippen MR) is 114 cm³/mol. The largest absolute Gasteiger partial charge is 0.419 e. The van der Waals surface area contributed by atoms with Crippen LogP contribution < -0.4 is 4.90 Å². The van der Waals surface area contributed by atoms with Gasteiger partial charge in [0.2, 0.25) is 26.6 Å². The third-order valence-electron chi connectivity index (χ3n) is 5.22. The highest BCUT2D eigenvalue weighted by Crippen LogP contribution is 2.38. The Labute approximate surface area is 180 Å². The smallest absolute Gasteiger partial charge is 0.236 e. The SMILES string of the molecule is C[C@@H]1C[C@H](C)CN(c2oc(-c3ccccc3F)nc2S(=O)(=O)c2ccc(Cl)cc2)C1. The Morgan fingerprint density at radius 2 is 1.70 bits per heavy atom. The second kappa shape index (κ2) is 8.04. The number of aromatic nitrogens is 1. The van der Waals surface area contributed by atoms with Gasteiger partial charge in [0.25, 0.3) is 0 Å². The van der Waals surface area contributed by atoms with E-state index in [1.807, 2.05) is 4.90 Å². The van der Waals surface area contributed by atoms with Gasteiger partial charge in [-0.3, -0.25) is 0 Å². The molecule has 0 aliphatic carbocycles. The molecule has 0 saturated carbocycles. The second-order valence-electron chi connectivity index (χ2n) is 7.92. The number of nitrogens with zero attached hydrogens (tertiary/aromatic N) is 2. The molecule has 5 nitrogen and oxygen atoms in total. The molecule has 4 rings (SSSR count). The summed E-state index contributed by atoms with van der Waals surface area (Å²) in [4.78, 5) is 6.22. The molecule has 3 aromatic rings. The van der Waals surface area contributed by atoms with Crippen LogP contribution in [-0.4, -0.2) is 26.5 Å². The summed E-state index contributed by atoms with van der Waals surface area (Å²) in [6.45, 7) is 5.51. The lowest BCUT2D eigenvalue weighted by atomic mass is 9.92. The van der Waals surface area contributed by atoms with Crippen LogP contribution >= 0.6 is 11.6 Å². The molecular formula is C22H22ClFN2O3S. The van der Waals surface area contributed by atoms with Gasteiger partial charge >= 0.3 is 0 Å². The molecule has 0 N–H and O–H groups in total. The van der Waals surface area contributed by atoms with Crippen molar-refractivity contribution in [2.24, 2.45) is 11.8 Å². The summed E-state index contributed by atoms with van der Waals surface area (Å²) in [7, 11) is -4.00. The van der Waals surface area contributed by atoms with E-state index in [2.05, 4.69) is 18.8 Å². The summed E-state index contributed by atoms with van der Waals surface area (Å²) >= 11 is 5.92. The van der Waals surface area contributed by atoms with Crippen LogP contribution in [-0.2, 0) is 9.84 Å². The summed E-state index contributed by atoms with van der Waals surface area (Å²) in [5.41, 5.74) is 0.120. The van der Waals surface area contributed by atoms with Crippen molar-refractivity contribution < 1.29 is 17.2 Å². The fourth-order valence-corrected chi connectivity index (χ4v) is 5.42. The Hall–Kier alpha value is -2.38. The van der Waals surface area contributed by atoms with E-state index in [1.54, 1.807) is 12.1 Å². The van der Waals surface area contributed by atoms with Gasteiger partial charge < -0.3 is 9.32 Å². The Balaban J connectivity index is 1.87. The number of halogens is 2. The zero-order valence-corrected chi connectivity index (χ0v) is 18.3. The molecule has 2 atom stereocenters. The van der Waals surface area contributed by atoms with Gasteiger partial charge in [0, 0.05) is 18.1 Å². The molecule has 0 bridgehead atoms. The molecule has 0 unspecified atom stereocenters. The van der Waals surface area contributed by atoms with Gasteiger partial charge in [0.15, 0.2) is 0 Å². The van der Waals surface area contributed by atoms with Gasteiger partial charge in [-0.15, -0.1) is 0 Å². The molecular weight excluding hydrogens is 427 g/mol. The molecule has 0 radical (unpaired) electrons. The Morgan fingerprint density at radius 1 is 1.07 bits per heavy atom. The monoisotopic (exact) mass is 448 g/mol. The minimum atomic E-state index is -4.00. The summed E-state index contributed by atoms with van der Waals surface area (Å²) in [6.07, 6.45) is 1.05. The minimum Gasteiger partial charge on any atom is -0.419 e. The van der Waals surface area contributed by atoms with Crippen LogP contribution in [0.25, 0.3) is 11.5 Å². The van der Waals surface area contributed by atoms with Crippen molar-refractivity contribution >= 4 is 27.3 Å². The van der Waals surface area contributed by atoms with Crippen LogP contribution in [0, 0.1) is 17.7 Å². The van der Waals surface area contributed by atoms with Crippen molar-refractivity contribution in [3.63, 3.8) is 0 Å². The number of hydrogen-bond donors (Lipinski definition) is 0. The highest BCUT2D eigenvalue weighted by Gasteiger charge is 2.34. The molecule has 1 aromatic heterocycles. The minimum absolute atomic E-state index is 0.0541. The molecule has 1 fully saturated rings. The van der Waals surface area contributed by atoms with Crippen LogP contribution in [0.4, 0.5) is 10.3 Å². The maximum absolute atomic E-state index is 14.4. The molecule has 2 heterocycles. The lowest BCUT2D eigenvalue weighted by Crippen LogP contribution is -2.39. The van der Waals surface area contributed by atoms with Crippen LogP contribution in [0.1, 0.15) is 20.3 Å². The van der Waals surface area contributed by atoms with Gasteiger partial charge in [0.05, 0.1) is 10.5 Å². The van der Waals surface area contributed by atoms with Gasteiger partial charge in [-0.05, 0) is 54.7 Å². The standard InChI is InChI=1S/C22H22ClFN2O3S/c1-14-11-15(2)13-26(12-14)22-21(30(27,28)17-9-7-16(23)8-10-17)25-20(29-22)18-5-3-4-6-19(18)24/h3-10,14-15H,11-13H2,1-2H3/t14-,15+. The lowest BCUT2D eigenvalue weighted by molar-refractivity contribution is 0.342. The first-order chi connectivity index (χ1) is 14.3. The molecule has 1 aliphatic heterocycles. The normalized spacial score (nSPS) is 19.8. The van der Waals surface area contributed by atoms with Crippen molar-refractivity contribution in [1.82, 2.24) is 4.98 Å². The maximum Gasteiger partial charge on any atom is 0.236 e. The van der Waals surface area contributed by atoms with Crippen LogP contribution in [0.15, 0.2) is 62.9 Å². The average molecular weight is 449 g/mol. The van der Waals surface area contributed by atoms with E-state index in [4.69, 9.17) is 16.0 Å². The summed E-state index contributed by atoms with van der Waals surface area (Å²) in [5, 5.41) is 0.226. The summed E-state index contributed by atoms with van der Waals surface area (Å²) in [5.74, 6) is 0.299. The quantitative estimate of drug-likeness (QED) is 0.531. The summed E-state index contributed by atoms with van der Waals surface area (Å²) < 4.78 is 47.1. The Morgan fingerprint density at radius 3 is 2.33 bits per heavy atom. The first-order valence-electron chi connectivity index (χ1n) is 9.77. The van der Waals surface area contributed by atoms with Crippen molar-refractivity contribution in [2.75, 3.05) is 18.0 Å². The number of hydrogen-bond acceptors (Lipinski definition) is 5. The number of sulfone groups is 1. The van der Waals surface area contributed by atoms with E-state index in [9.17, 15) is 12.8 Å². The third-order valence-corrected chi connectivity index (χ3v) is 7.14. The van der Waals surface area contributed by atoms with Gasteiger partial charge in [-0.1, -0.05) is 37.6 Å². The molecule has 2 aromatic carbocycles. The maximum atomic E-state index is 14.4. The molecule has 158 valence electrons. The lowest BCUT2D eigenvalue weighted by Gasteiger charge is -2.34. The first kappa shape index (κ1) is 20.9. The third kappa shape index (κ3) is 3.96. The van der Waals surface area contributed by atoms with E-state index < -0.39 is 15.7 Å². The topological polar surface area (TPSA) is 63.4 Å². The molecule has 1 saturated heterocycles. The fourth-order valence-electron chi connectivity index (χ4n) is 3.98. The predicted octanol–water partition coefficient (Wildman–Crippen LogP) is 5.45. The molecule has 0 spiro atoms. The highest BCUT2D eigenvalue weighted by molar-refractivity contribution is 7.91. The van der Waals surface area contributed by atoms with E-state index in [0.717, 1.165) is 6.42 Å². The number of piperidine rings is 1. The van der Waals surface area contributed by atoms with Gasteiger partial charge in [-0.25, -0.2) is 12.8 Å². The van der Waals surface area contributed by atoms with Gasteiger partial charge in [-0.2, -0.15) is 4.98 Å². The van der Waals surface area contributed by atoms with E-state index in [0.29, 0.717) is 29.9 Å². The summed E-state index contributed by atoms with van der Waals surface area (Å²) in [6, 6.07) is 11.9. The second-order valence-corrected chi connectivity index (χ2v) is 10.2. The Bertz CT molecular complexity index is 1150. The zero-order chi connectivity index (χ0) is 21.5. The van der Waals surface area contributed by atoms with Crippen molar-refractivity contribution in [3.8, 4) is 11.5 Å². The zero-order valence-electron chi connectivity index (χ0n) is 16.7. The van der Waals surface area contributed by atoms with Crippen LogP contribution in [0.5, 0.6) is 0 Å². The number of oxazole rings is 1. The van der Waals surface area contributed by atoms with Crippen molar-refractivity contribution in [1.29, 1.82) is 0 Å². The van der Waals surface area contributed by atoms with E-state index in [1.165, 1.54) is 36.4 Å². The number of anilines is 1. The van der Waals surface area contributed by atoms with Crippen LogP contribution in [0.3, 0.4) is 0 Å². The number of benzene rings is 2. The van der Waals surface area contributed by atoms with Gasteiger partial charge in [0.1, 0.15) is 5.82 Å². The van der Waals surface area contributed by atoms with Crippen molar-refractivity contribution in [3.05, 3.63) is 59.4 Å². The number of rotatable bonds is 4. The highest BCUT2D eigenvalue weighted by atomic mass is 35.5. The van der Waals surface area contributed by atoms with E-state index >= 15 is 0 Å². The first-order valence-corrected chi connectivity index (χ1v) is 11.6. The van der Waals surface area contributed by atoms with E-state index in [-0.39, 0.29) is 27.3 Å². The van der Waals surface area contributed by atoms with Crippen molar-refractivity contribution in [2.45, 2.75) is 30.2 Å². The molecule has 0 amide bonds. The molecule has 8 heteroatoms. The average Bonchev–Trinajstić information content (AvgIpc) is 3.14. The molecule has 30 heavy (non-hydrogen) atoms.